The van der Waals surface area contributed by atoms with Crippen molar-refractivity contribution < 1.29 is 4.79 Å². The lowest BCUT2D eigenvalue weighted by atomic mass is 10.3. The number of aryl methyl sites for hydroxylation is 1. The first-order valence-corrected chi connectivity index (χ1v) is 6.65. The molecule has 0 aliphatic heterocycles. The Morgan fingerprint density at radius 2 is 2.21 bits per heavy atom. The molecule has 7 nitrogen and oxygen atoms in total. The van der Waals surface area contributed by atoms with E-state index in [4.69, 9.17) is 5.84 Å². The van der Waals surface area contributed by atoms with Crippen molar-refractivity contribution in [3.63, 3.8) is 0 Å². The monoisotopic (exact) mass is 280 g/mol. The van der Waals surface area contributed by atoms with Gasteiger partial charge in [0.05, 0.1) is 5.39 Å². The molecular weight excluding hydrogens is 264 g/mol. The summed E-state index contributed by atoms with van der Waals surface area (Å²) in [4.78, 5) is 21.4. The summed E-state index contributed by atoms with van der Waals surface area (Å²) < 4.78 is 0. The van der Waals surface area contributed by atoms with Crippen LogP contribution < -0.4 is 21.9 Å². The molecule has 2 rings (SSSR count). The van der Waals surface area contributed by atoms with Gasteiger partial charge in [-0.1, -0.05) is 0 Å². The van der Waals surface area contributed by atoms with Gasteiger partial charge < -0.3 is 10.6 Å². The second-order valence-corrected chi connectivity index (χ2v) is 5.26. The van der Waals surface area contributed by atoms with Gasteiger partial charge in [-0.15, -0.1) is 11.3 Å². The Morgan fingerprint density at radius 3 is 2.89 bits per heavy atom. The highest BCUT2D eigenvalue weighted by atomic mass is 32.1. The maximum Gasteiger partial charge on any atom is 0.240 e. The summed E-state index contributed by atoms with van der Waals surface area (Å²) in [6, 6.07) is 2.03. The van der Waals surface area contributed by atoms with Crippen molar-refractivity contribution in [1.82, 2.24) is 15.3 Å². The number of fused-ring (bicyclic) bond motifs is 1. The van der Waals surface area contributed by atoms with Crippen LogP contribution in [-0.4, -0.2) is 29.0 Å². The second kappa shape index (κ2) is 5.81. The van der Waals surface area contributed by atoms with Gasteiger partial charge in [0.1, 0.15) is 10.6 Å². The Bertz CT molecular complexity index is 596. The van der Waals surface area contributed by atoms with E-state index in [0.29, 0.717) is 24.9 Å². The third-order valence-corrected chi connectivity index (χ3v) is 3.38. The van der Waals surface area contributed by atoms with Crippen LogP contribution in [0.1, 0.15) is 11.8 Å². The molecule has 2 aromatic rings. The van der Waals surface area contributed by atoms with Gasteiger partial charge in [-0.05, 0) is 13.0 Å². The van der Waals surface area contributed by atoms with Crippen LogP contribution in [0.25, 0.3) is 10.2 Å². The van der Waals surface area contributed by atoms with Gasteiger partial charge in [-0.3, -0.25) is 10.2 Å². The van der Waals surface area contributed by atoms with Crippen molar-refractivity contribution in [2.45, 2.75) is 13.8 Å². The zero-order valence-corrected chi connectivity index (χ0v) is 11.6. The van der Waals surface area contributed by atoms with E-state index in [1.165, 1.54) is 6.92 Å². The van der Waals surface area contributed by atoms with Gasteiger partial charge in [0.2, 0.25) is 11.9 Å². The number of hydrogen-bond acceptors (Lipinski definition) is 7. The van der Waals surface area contributed by atoms with Crippen LogP contribution in [0.3, 0.4) is 0 Å². The SMILES string of the molecule is CC(=O)NCCNc1nc(NN)nc2sc(C)cc12. The van der Waals surface area contributed by atoms with Gasteiger partial charge in [-0.2, -0.15) is 4.98 Å². The molecule has 0 fully saturated rings. The molecule has 0 saturated heterocycles. The number of nitrogens with zero attached hydrogens (tertiary/aromatic N) is 2. The fraction of sp³-hybridized carbons (Fsp3) is 0.364. The molecular formula is C11H16N6OS. The number of carbonyl (C=O) groups is 1. The third kappa shape index (κ3) is 3.30. The van der Waals surface area contributed by atoms with Gasteiger partial charge in [-0.25, -0.2) is 10.8 Å². The average molecular weight is 280 g/mol. The molecule has 102 valence electrons. The standard InChI is InChI=1S/C11H16N6OS/c1-6-5-8-9(14-4-3-13-7(2)18)15-11(17-12)16-10(8)19-6/h5H,3-4,12H2,1-2H3,(H,13,18)(H2,14,15,16,17). The zero-order valence-electron chi connectivity index (χ0n) is 10.8. The number of amides is 1. The third-order valence-electron chi connectivity index (χ3n) is 2.44. The second-order valence-electron chi connectivity index (χ2n) is 4.03. The number of rotatable bonds is 5. The van der Waals surface area contributed by atoms with E-state index in [2.05, 4.69) is 26.0 Å². The molecule has 0 radical (unpaired) electrons. The van der Waals surface area contributed by atoms with Crippen LogP contribution >= 0.6 is 11.3 Å². The van der Waals surface area contributed by atoms with E-state index in [9.17, 15) is 4.79 Å². The molecule has 2 heterocycles. The van der Waals surface area contributed by atoms with Crippen LogP contribution in [0.5, 0.6) is 0 Å². The fourth-order valence-corrected chi connectivity index (χ4v) is 2.54. The Hall–Kier alpha value is -1.93. The molecule has 1 amide bonds. The minimum atomic E-state index is -0.0506. The average Bonchev–Trinajstić information content (AvgIpc) is 2.74. The maximum atomic E-state index is 10.8. The number of thiophene rings is 1. The molecule has 0 atom stereocenters. The summed E-state index contributed by atoms with van der Waals surface area (Å²) >= 11 is 1.58. The van der Waals surface area contributed by atoms with E-state index in [1.807, 2.05) is 13.0 Å². The van der Waals surface area contributed by atoms with E-state index < -0.39 is 0 Å². The fourth-order valence-electron chi connectivity index (χ4n) is 1.66. The summed E-state index contributed by atoms with van der Waals surface area (Å²) in [5, 5.41) is 6.85. The number of nitrogens with two attached hydrogens (primary N) is 1. The molecule has 2 aromatic heterocycles. The van der Waals surface area contributed by atoms with Gasteiger partial charge >= 0.3 is 0 Å². The highest BCUT2D eigenvalue weighted by molar-refractivity contribution is 7.18. The number of nitrogen functional groups attached to an aromatic ring is 1. The summed E-state index contributed by atoms with van der Waals surface area (Å²) in [6.45, 7) is 4.63. The van der Waals surface area contributed by atoms with Gasteiger partial charge in [0.25, 0.3) is 0 Å². The largest absolute Gasteiger partial charge is 0.368 e. The first-order chi connectivity index (χ1) is 9.10. The van der Waals surface area contributed by atoms with Crippen LogP contribution in [0.15, 0.2) is 6.07 Å². The van der Waals surface area contributed by atoms with Crippen molar-refractivity contribution in [3.8, 4) is 0 Å². The topological polar surface area (TPSA) is 105 Å². The lowest BCUT2D eigenvalue weighted by Crippen LogP contribution is -2.26. The summed E-state index contributed by atoms with van der Waals surface area (Å²) in [6.07, 6.45) is 0. The Morgan fingerprint density at radius 1 is 1.42 bits per heavy atom. The normalized spacial score (nSPS) is 10.5. The molecule has 0 spiro atoms. The van der Waals surface area contributed by atoms with Gasteiger partial charge in [0, 0.05) is 24.9 Å². The highest BCUT2D eigenvalue weighted by Gasteiger charge is 2.09. The predicted octanol–water partition coefficient (Wildman–Crippen LogP) is 0.833. The minimum absolute atomic E-state index is 0.0506. The summed E-state index contributed by atoms with van der Waals surface area (Å²) in [5.41, 5.74) is 2.45. The van der Waals surface area contributed by atoms with Crippen molar-refractivity contribution in [2.75, 3.05) is 23.8 Å². The molecule has 0 aliphatic carbocycles. The molecule has 5 N–H and O–H groups in total. The lowest BCUT2D eigenvalue weighted by Gasteiger charge is -2.08. The van der Waals surface area contributed by atoms with Crippen LogP contribution in [0.2, 0.25) is 0 Å². The Labute approximate surface area is 114 Å². The zero-order chi connectivity index (χ0) is 13.8. The maximum absolute atomic E-state index is 10.8. The molecule has 0 saturated carbocycles. The number of aromatic nitrogens is 2. The number of hydrogen-bond donors (Lipinski definition) is 4. The van der Waals surface area contributed by atoms with Crippen LogP contribution in [0, 0.1) is 6.92 Å². The van der Waals surface area contributed by atoms with Crippen molar-refractivity contribution in [2.24, 2.45) is 5.84 Å². The predicted molar refractivity (Wildman–Crippen MR) is 77.1 cm³/mol. The number of anilines is 2. The van der Waals surface area contributed by atoms with Crippen LogP contribution in [0.4, 0.5) is 11.8 Å². The Balaban J connectivity index is 2.17. The lowest BCUT2D eigenvalue weighted by molar-refractivity contribution is -0.118. The molecule has 0 aromatic carbocycles. The van der Waals surface area contributed by atoms with E-state index in [0.717, 1.165) is 15.1 Å². The van der Waals surface area contributed by atoms with Gasteiger partial charge in [0.15, 0.2) is 0 Å². The quantitative estimate of drug-likeness (QED) is 0.367. The first kappa shape index (κ1) is 13.5. The van der Waals surface area contributed by atoms with Crippen LogP contribution in [-0.2, 0) is 4.79 Å². The molecule has 0 bridgehead atoms. The molecule has 8 heteroatoms. The smallest absolute Gasteiger partial charge is 0.240 e. The van der Waals surface area contributed by atoms with Crippen molar-refractivity contribution in [3.05, 3.63) is 10.9 Å². The molecule has 0 aliphatic rings. The van der Waals surface area contributed by atoms with Crippen molar-refractivity contribution in [1.29, 1.82) is 0 Å². The van der Waals surface area contributed by atoms with Crippen molar-refractivity contribution >= 4 is 39.2 Å². The number of nitrogens with one attached hydrogen (secondary N) is 3. The molecule has 0 unspecified atom stereocenters. The van der Waals surface area contributed by atoms with E-state index in [-0.39, 0.29) is 5.91 Å². The summed E-state index contributed by atoms with van der Waals surface area (Å²) in [5.74, 6) is 6.39. The number of carbonyl (C=O) groups excluding carboxylic acids is 1. The minimum Gasteiger partial charge on any atom is -0.368 e. The first-order valence-electron chi connectivity index (χ1n) is 5.83. The molecule has 19 heavy (non-hydrogen) atoms. The number of hydrazine groups is 1. The highest BCUT2D eigenvalue weighted by Crippen LogP contribution is 2.29. The van der Waals surface area contributed by atoms with E-state index >= 15 is 0 Å². The Kier molecular flexibility index (Phi) is 4.13. The summed E-state index contributed by atoms with van der Waals surface area (Å²) in [7, 11) is 0. The van der Waals surface area contributed by atoms with E-state index in [1.54, 1.807) is 11.3 Å².